The Morgan fingerprint density at radius 3 is 2.72 bits per heavy atom. The van der Waals surface area contributed by atoms with Gasteiger partial charge in [-0.2, -0.15) is 0 Å². The van der Waals surface area contributed by atoms with Crippen LogP contribution >= 0.6 is 0 Å². The molecule has 0 saturated carbocycles. The number of aromatic nitrogens is 1. The first kappa shape index (κ1) is 21.3. The van der Waals surface area contributed by atoms with Crippen molar-refractivity contribution in [3.05, 3.63) is 27.6 Å². The largest absolute Gasteiger partial charge is 0.444 e. The lowest BCUT2D eigenvalue weighted by Crippen LogP contribution is -2.65. The van der Waals surface area contributed by atoms with Crippen molar-refractivity contribution in [2.45, 2.75) is 71.1 Å². The van der Waals surface area contributed by atoms with E-state index in [9.17, 15) is 20.0 Å². The van der Waals surface area contributed by atoms with Crippen molar-refractivity contribution in [1.29, 1.82) is 0 Å². The zero-order chi connectivity index (χ0) is 21.6. The lowest BCUT2D eigenvalue weighted by molar-refractivity contribution is -0.384. The summed E-state index contributed by atoms with van der Waals surface area (Å²) < 4.78 is 5.35. The molecule has 1 saturated heterocycles. The molecule has 1 fully saturated rings. The fourth-order valence-corrected chi connectivity index (χ4v) is 4.13. The highest BCUT2D eigenvalue weighted by molar-refractivity contribution is 5.71. The number of hydrogen-bond acceptors (Lipinski definition) is 7. The van der Waals surface area contributed by atoms with Gasteiger partial charge in [-0.3, -0.25) is 15.1 Å². The second-order valence-corrected chi connectivity index (χ2v) is 9.26. The number of fused-ring (bicyclic) bond motifs is 1. The summed E-state index contributed by atoms with van der Waals surface area (Å²) in [7, 11) is 0. The second kappa shape index (κ2) is 7.44. The normalized spacial score (nSPS) is 26.8. The predicted octanol–water partition coefficient (Wildman–Crippen LogP) is 2.58. The average molecular weight is 406 g/mol. The molecule has 0 bridgehead atoms. The molecular weight excluding hydrogens is 376 g/mol. The molecule has 1 aliphatic carbocycles. The highest BCUT2D eigenvalue weighted by atomic mass is 16.6. The van der Waals surface area contributed by atoms with E-state index in [4.69, 9.17) is 4.74 Å². The monoisotopic (exact) mass is 406 g/mol. The van der Waals surface area contributed by atoms with Gasteiger partial charge < -0.3 is 20.1 Å². The standard InChI is InChI=1S/C20H30N4O5/c1-12-10-23(11-16(20(12,5)26)22-18(25)29-19(2,3)4)17-13-7-6-8-14(13)21-9-15(17)24(27)28/h9,12,16,26H,6-8,10-11H2,1-5H3,(H,22,25)/t12-,16+,20?/m0/s1. The number of aliphatic hydroxyl groups is 1. The lowest BCUT2D eigenvalue weighted by Gasteiger charge is -2.48. The van der Waals surface area contributed by atoms with E-state index in [1.165, 1.54) is 6.20 Å². The van der Waals surface area contributed by atoms with Crippen molar-refractivity contribution in [1.82, 2.24) is 10.3 Å². The van der Waals surface area contributed by atoms with Crippen molar-refractivity contribution in [2.75, 3.05) is 18.0 Å². The van der Waals surface area contributed by atoms with E-state index in [0.29, 0.717) is 12.2 Å². The molecule has 1 amide bonds. The molecule has 0 spiro atoms. The molecule has 1 aromatic heterocycles. The number of alkyl carbamates (subject to hydrolysis) is 1. The summed E-state index contributed by atoms with van der Waals surface area (Å²) in [6.45, 7) is 9.55. The van der Waals surface area contributed by atoms with Gasteiger partial charge in [0.1, 0.15) is 17.5 Å². The zero-order valence-corrected chi connectivity index (χ0v) is 17.7. The third kappa shape index (κ3) is 4.29. The molecule has 1 unspecified atom stereocenters. The maximum absolute atomic E-state index is 12.3. The molecular formula is C20H30N4O5. The Bertz CT molecular complexity index is 818. The first-order valence-corrected chi connectivity index (χ1v) is 10.0. The van der Waals surface area contributed by atoms with Crippen molar-refractivity contribution in [2.24, 2.45) is 5.92 Å². The van der Waals surface area contributed by atoms with Crippen LogP contribution in [-0.2, 0) is 17.6 Å². The maximum Gasteiger partial charge on any atom is 0.408 e. The molecule has 3 atom stereocenters. The van der Waals surface area contributed by atoms with E-state index in [2.05, 4.69) is 10.3 Å². The van der Waals surface area contributed by atoms with E-state index >= 15 is 0 Å². The molecule has 1 aliphatic heterocycles. The zero-order valence-electron chi connectivity index (χ0n) is 17.7. The Morgan fingerprint density at radius 2 is 2.10 bits per heavy atom. The van der Waals surface area contributed by atoms with E-state index in [1.54, 1.807) is 27.7 Å². The molecule has 0 radical (unpaired) electrons. The Morgan fingerprint density at radius 1 is 1.41 bits per heavy atom. The summed E-state index contributed by atoms with van der Waals surface area (Å²) >= 11 is 0. The number of rotatable bonds is 3. The fourth-order valence-electron chi connectivity index (χ4n) is 4.13. The minimum atomic E-state index is -1.18. The summed E-state index contributed by atoms with van der Waals surface area (Å²) in [5.41, 5.74) is 0.487. The van der Waals surface area contributed by atoms with E-state index < -0.39 is 28.3 Å². The summed E-state index contributed by atoms with van der Waals surface area (Å²) in [4.78, 5) is 29.8. The van der Waals surface area contributed by atoms with Gasteiger partial charge in [0.05, 0.1) is 16.6 Å². The number of pyridine rings is 1. The first-order valence-electron chi connectivity index (χ1n) is 10.0. The molecule has 2 heterocycles. The molecule has 3 rings (SSSR count). The van der Waals surface area contributed by atoms with Crippen LogP contribution < -0.4 is 10.2 Å². The fraction of sp³-hybridized carbons (Fsp3) is 0.700. The average Bonchev–Trinajstić information content (AvgIpc) is 3.05. The number of piperidine rings is 1. The van der Waals surface area contributed by atoms with Gasteiger partial charge in [0.2, 0.25) is 0 Å². The van der Waals surface area contributed by atoms with Gasteiger partial charge in [-0.1, -0.05) is 6.92 Å². The highest BCUT2D eigenvalue weighted by Gasteiger charge is 2.46. The first-order chi connectivity index (χ1) is 13.4. The van der Waals surface area contributed by atoms with Gasteiger partial charge in [0.15, 0.2) is 0 Å². The van der Waals surface area contributed by atoms with Crippen molar-refractivity contribution < 1.29 is 19.6 Å². The molecule has 9 nitrogen and oxygen atoms in total. The van der Waals surface area contributed by atoms with Gasteiger partial charge in [-0.25, -0.2) is 4.79 Å². The summed E-state index contributed by atoms with van der Waals surface area (Å²) in [6, 6.07) is -0.647. The summed E-state index contributed by atoms with van der Waals surface area (Å²) in [5, 5.41) is 25.5. The van der Waals surface area contributed by atoms with Crippen LogP contribution in [0.3, 0.4) is 0 Å². The van der Waals surface area contributed by atoms with Crippen molar-refractivity contribution in [3.8, 4) is 0 Å². The maximum atomic E-state index is 12.3. The van der Waals surface area contributed by atoms with Crippen LogP contribution in [0.5, 0.6) is 0 Å². The number of carbonyl (C=O) groups is 1. The van der Waals surface area contributed by atoms with Crippen LogP contribution in [0, 0.1) is 16.0 Å². The molecule has 29 heavy (non-hydrogen) atoms. The number of nitrogens with zero attached hydrogens (tertiary/aromatic N) is 3. The van der Waals surface area contributed by atoms with Crippen LogP contribution in [0.4, 0.5) is 16.2 Å². The number of amides is 1. The number of hydrogen-bond donors (Lipinski definition) is 2. The van der Waals surface area contributed by atoms with Gasteiger partial charge in [-0.05, 0) is 47.0 Å². The Labute approximate surface area is 170 Å². The third-order valence-electron chi connectivity index (χ3n) is 5.86. The van der Waals surface area contributed by atoms with Gasteiger partial charge in [-0.15, -0.1) is 0 Å². The van der Waals surface area contributed by atoms with Crippen molar-refractivity contribution in [3.63, 3.8) is 0 Å². The lowest BCUT2D eigenvalue weighted by atomic mass is 9.79. The smallest absolute Gasteiger partial charge is 0.408 e. The topological polar surface area (TPSA) is 118 Å². The second-order valence-electron chi connectivity index (χ2n) is 9.26. The number of aryl methyl sites for hydroxylation is 1. The van der Waals surface area contributed by atoms with E-state index in [0.717, 1.165) is 30.5 Å². The number of ether oxygens (including phenoxy) is 1. The number of carbonyl (C=O) groups excluding carboxylic acids is 1. The Kier molecular flexibility index (Phi) is 5.46. The van der Waals surface area contributed by atoms with Crippen LogP contribution in [0.1, 0.15) is 52.3 Å². The number of nitrogens with one attached hydrogen (secondary N) is 1. The summed E-state index contributed by atoms with van der Waals surface area (Å²) in [5.74, 6) is -0.235. The quantitative estimate of drug-likeness (QED) is 0.585. The van der Waals surface area contributed by atoms with Crippen LogP contribution in [-0.4, -0.2) is 51.4 Å². The van der Waals surface area contributed by atoms with Gasteiger partial charge in [0, 0.05) is 30.3 Å². The minimum Gasteiger partial charge on any atom is -0.444 e. The Hall–Kier alpha value is -2.42. The van der Waals surface area contributed by atoms with Gasteiger partial charge in [0.25, 0.3) is 0 Å². The third-order valence-corrected chi connectivity index (χ3v) is 5.86. The number of anilines is 1. The van der Waals surface area contributed by atoms with Crippen LogP contribution in [0.25, 0.3) is 0 Å². The van der Waals surface area contributed by atoms with Crippen LogP contribution in [0.15, 0.2) is 6.20 Å². The molecule has 2 aliphatic rings. The van der Waals surface area contributed by atoms with E-state index in [-0.39, 0.29) is 18.2 Å². The van der Waals surface area contributed by atoms with E-state index in [1.807, 2.05) is 11.8 Å². The molecule has 160 valence electrons. The molecule has 2 N–H and O–H groups in total. The highest BCUT2D eigenvalue weighted by Crippen LogP contribution is 2.40. The molecule has 9 heteroatoms. The molecule has 0 aromatic carbocycles. The summed E-state index contributed by atoms with van der Waals surface area (Å²) in [6.07, 6.45) is 3.17. The van der Waals surface area contributed by atoms with Gasteiger partial charge >= 0.3 is 11.8 Å². The Balaban J connectivity index is 1.93. The predicted molar refractivity (Wildman–Crippen MR) is 108 cm³/mol. The van der Waals surface area contributed by atoms with Crippen LogP contribution in [0.2, 0.25) is 0 Å². The SMILES string of the molecule is C[C@H]1CN(c2c([N+](=O)[O-])cnc3c2CCC3)C[C@@H](NC(=O)OC(C)(C)C)C1(C)O. The minimum absolute atomic E-state index is 0.0320. The molecule has 1 aromatic rings. The number of nitro groups is 1. The van der Waals surface area contributed by atoms with Crippen molar-refractivity contribution >= 4 is 17.5 Å².